The SMILES string of the molecule is Cn1c(-c2cccs2)nn(CCNC(=O)c2ccc(F)cc2)c1=O. The lowest BCUT2D eigenvalue weighted by Gasteiger charge is -2.04. The van der Waals surface area contributed by atoms with E-state index >= 15 is 0 Å². The Kier molecular flexibility index (Phi) is 4.57. The Morgan fingerprint density at radius 3 is 2.71 bits per heavy atom. The number of amides is 1. The van der Waals surface area contributed by atoms with Crippen molar-refractivity contribution in [1.29, 1.82) is 0 Å². The Bertz CT molecular complexity index is 897. The summed E-state index contributed by atoms with van der Waals surface area (Å²) in [5.74, 6) is -0.120. The van der Waals surface area contributed by atoms with Crippen LogP contribution in [0.4, 0.5) is 4.39 Å². The van der Waals surface area contributed by atoms with Gasteiger partial charge in [-0.2, -0.15) is 0 Å². The molecule has 0 spiro atoms. The number of aromatic nitrogens is 3. The number of benzene rings is 1. The topological polar surface area (TPSA) is 68.9 Å². The highest BCUT2D eigenvalue weighted by Gasteiger charge is 2.13. The predicted molar refractivity (Wildman–Crippen MR) is 89.5 cm³/mol. The molecule has 0 aliphatic carbocycles. The van der Waals surface area contributed by atoms with Gasteiger partial charge in [0.15, 0.2) is 5.82 Å². The van der Waals surface area contributed by atoms with Crippen LogP contribution in [0.3, 0.4) is 0 Å². The van der Waals surface area contributed by atoms with Gasteiger partial charge in [0.1, 0.15) is 5.82 Å². The molecule has 0 bridgehead atoms. The van der Waals surface area contributed by atoms with Crippen LogP contribution >= 0.6 is 11.3 Å². The lowest BCUT2D eigenvalue weighted by atomic mass is 10.2. The van der Waals surface area contributed by atoms with Crippen molar-refractivity contribution in [2.75, 3.05) is 6.54 Å². The molecule has 0 saturated heterocycles. The molecule has 6 nitrogen and oxygen atoms in total. The van der Waals surface area contributed by atoms with Crippen molar-refractivity contribution in [3.8, 4) is 10.7 Å². The lowest BCUT2D eigenvalue weighted by molar-refractivity contribution is 0.0951. The van der Waals surface area contributed by atoms with Crippen molar-refractivity contribution in [1.82, 2.24) is 19.7 Å². The quantitative estimate of drug-likeness (QED) is 0.767. The fraction of sp³-hybridized carbons (Fsp3) is 0.188. The second-order valence-corrected chi connectivity index (χ2v) is 6.08. The third-order valence-corrected chi connectivity index (χ3v) is 4.36. The van der Waals surface area contributed by atoms with E-state index < -0.39 is 5.82 Å². The van der Waals surface area contributed by atoms with Crippen molar-refractivity contribution in [3.63, 3.8) is 0 Å². The number of carbonyl (C=O) groups is 1. The van der Waals surface area contributed by atoms with E-state index in [4.69, 9.17) is 0 Å². The lowest BCUT2D eigenvalue weighted by Crippen LogP contribution is -2.31. The summed E-state index contributed by atoms with van der Waals surface area (Å²) in [5, 5.41) is 8.92. The molecule has 124 valence electrons. The molecule has 1 N–H and O–H groups in total. The van der Waals surface area contributed by atoms with Gasteiger partial charge in [-0.1, -0.05) is 6.07 Å². The summed E-state index contributed by atoms with van der Waals surface area (Å²) in [5.41, 5.74) is 0.124. The zero-order valence-corrected chi connectivity index (χ0v) is 13.7. The molecule has 0 aliphatic rings. The van der Waals surface area contributed by atoms with Crippen molar-refractivity contribution in [2.45, 2.75) is 6.54 Å². The summed E-state index contributed by atoms with van der Waals surface area (Å²) in [7, 11) is 1.66. The Hall–Kier alpha value is -2.74. The van der Waals surface area contributed by atoms with Crippen LogP contribution in [0.5, 0.6) is 0 Å². The average molecular weight is 346 g/mol. The maximum atomic E-state index is 12.8. The molecular formula is C16H15FN4O2S. The summed E-state index contributed by atoms with van der Waals surface area (Å²) in [6, 6.07) is 9.06. The first-order valence-corrected chi connectivity index (χ1v) is 8.15. The summed E-state index contributed by atoms with van der Waals surface area (Å²) < 4.78 is 15.6. The smallest absolute Gasteiger partial charge is 0.346 e. The fourth-order valence-electron chi connectivity index (χ4n) is 2.23. The van der Waals surface area contributed by atoms with Crippen molar-refractivity contribution >= 4 is 17.2 Å². The highest BCUT2D eigenvalue weighted by molar-refractivity contribution is 7.13. The second-order valence-electron chi connectivity index (χ2n) is 5.13. The Balaban J connectivity index is 1.65. The molecule has 0 radical (unpaired) electrons. The van der Waals surface area contributed by atoms with Gasteiger partial charge in [-0.25, -0.2) is 13.9 Å². The Morgan fingerprint density at radius 2 is 2.04 bits per heavy atom. The van der Waals surface area contributed by atoms with Gasteiger partial charge in [-0.3, -0.25) is 9.36 Å². The third kappa shape index (κ3) is 3.28. The predicted octanol–water partition coefficient (Wildman–Crippen LogP) is 1.88. The van der Waals surface area contributed by atoms with Gasteiger partial charge in [-0.15, -0.1) is 16.4 Å². The van der Waals surface area contributed by atoms with Crippen molar-refractivity contribution in [3.05, 3.63) is 63.6 Å². The summed E-state index contributed by atoms with van der Waals surface area (Å²) >= 11 is 1.50. The molecule has 3 aromatic rings. The van der Waals surface area contributed by atoms with E-state index in [9.17, 15) is 14.0 Å². The molecule has 0 aliphatic heterocycles. The van der Waals surface area contributed by atoms with Crippen LogP contribution in [0, 0.1) is 5.82 Å². The highest BCUT2D eigenvalue weighted by atomic mass is 32.1. The largest absolute Gasteiger partial charge is 0.350 e. The standard InChI is InChI=1S/C16H15FN4O2S/c1-20-14(13-3-2-10-24-13)19-21(16(20)23)9-8-18-15(22)11-4-6-12(17)7-5-11/h2-7,10H,8-9H2,1H3,(H,18,22). The van der Waals surface area contributed by atoms with Crippen LogP contribution in [0.25, 0.3) is 10.7 Å². The first-order chi connectivity index (χ1) is 11.6. The number of hydrogen-bond acceptors (Lipinski definition) is 4. The highest BCUT2D eigenvalue weighted by Crippen LogP contribution is 2.20. The van der Waals surface area contributed by atoms with Crippen LogP contribution < -0.4 is 11.0 Å². The van der Waals surface area contributed by atoms with Crippen molar-refractivity contribution in [2.24, 2.45) is 7.05 Å². The van der Waals surface area contributed by atoms with E-state index in [1.54, 1.807) is 7.05 Å². The molecule has 0 atom stereocenters. The number of thiophene rings is 1. The van der Waals surface area contributed by atoms with Gasteiger partial charge in [-0.05, 0) is 35.7 Å². The number of nitrogens with one attached hydrogen (secondary N) is 1. The third-order valence-electron chi connectivity index (χ3n) is 3.50. The van der Waals surface area contributed by atoms with Gasteiger partial charge >= 0.3 is 5.69 Å². The zero-order chi connectivity index (χ0) is 17.1. The van der Waals surface area contributed by atoms with E-state index in [0.29, 0.717) is 11.4 Å². The molecule has 0 saturated carbocycles. The average Bonchev–Trinajstić information content (AvgIpc) is 3.19. The minimum atomic E-state index is -0.396. The molecule has 8 heteroatoms. The van der Waals surface area contributed by atoms with Crippen LogP contribution in [-0.2, 0) is 13.6 Å². The normalized spacial score (nSPS) is 10.8. The van der Waals surface area contributed by atoms with Crippen LogP contribution in [0.15, 0.2) is 46.6 Å². The van der Waals surface area contributed by atoms with Gasteiger partial charge in [0, 0.05) is 19.2 Å². The first kappa shape index (κ1) is 16.1. The fourth-order valence-corrected chi connectivity index (χ4v) is 2.98. The maximum Gasteiger partial charge on any atom is 0.346 e. The van der Waals surface area contributed by atoms with E-state index in [0.717, 1.165) is 4.88 Å². The van der Waals surface area contributed by atoms with Gasteiger partial charge < -0.3 is 5.32 Å². The molecule has 0 fully saturated rings. The summed E-state index contributed by atoms with van der Waals surface area (Å²) in [6.45, 7) is 0.502. The summed E-state index contributed by atoms with van der Waals surface area (Å²) in [4.78, 5) is 25.0. The minimum absolute atomic E-state index is 0.241. The van der Waals surface area contributed by atoms with E-state index in [-0.39, 0.29) is 24.7 Å². The molecule has 2 heterocycles. The van der Waals surface area contributed by atoms with Crippen LogP contribution in [-0.4, -0.2) is 26.8 Å². The molecular weight excluding hydrogens is 331 g/mol. The Labute approximate surface area is 141 Å². The molecule has 1 aromatic carbocycles. The molecule has 24 heavy (non-hydrogen) atoms. The monoisotopic (exact) mass is 346 g/mol. The number of hydrogen-bond donors (Lipinski definition) is 1. The first-order valence-electron chi connectivity index (χ1n) is 7.28. The van der Waals surface area contributed by atoms with E-state index in [1.807, 2.05) is 17.5 Å². The molecule has 1 amide bonds. The van der Waals surface area contributed by atoms with Gasteiger partial charge in [0.05, 0.1) is 11.4 Å². The zero-order valence-electron chi connectivity index (χ0n) is 12.9. The number of halogens is 1. The van der Waals surface area contributed by atoms with Gasteiger partial charge in [0.2, 0.25) is 0 Å². The minimum Gasteiger partial charge on any atom is -0.350 e. The molecule has 3 rings (SSSR count). The number of carbonyl (C=O) groups excluding carboxylic acids is 1. The van der Waals surface area contributed by atoms with Crippen LogP contribution in [0.2, 0.25) is 0 Å². The van der Waals surface area contributed by atoms with Gasteiger partial charge in [0.25, 0.3) is 5.91 Å². The maximum absolute atomic E-state index is 12.8. The second kappa shape index (κ2) is 6.79. The van der Waals surface area contributed by atoms with Crippen molar-refractivity contribution < 1.29 is 9.18 Å². The molecule has 2 aromatic heterocycles. The number of rotatable bonds is 5. The number of nitrogens with zero attached hydrogens (tertiary/aromatic N) is 3. The van der Waals surface area contributed by atoms with E-state index in [1.165, 1.54) is 44.9 Å². The Morgan fingerprint density at radius 1 is 1.29 bits per heavy atom. The van der Waals surface area contributed by atoms with E-state index in [2.05, 4.69) is 10.4 Å². The van der Waals surface area contributed by atoms with Crippen LogP contribution in [0.1, 0.15) is 10.4 Å². The molecule has 0 unspecified atom stereocenters. The summed E-state index contributed by atoms with van der Waals surface area (Å²) in [6.07, 6.45) is 0.